The fraction of sp³-hybridized carbons (Fsp3) is 0.294. The standard InChI is InChI=1S/C34H37N7O5S/c1-24-20-26-21-28(15-16-31(26)46-24)37-34(36-23-35)38-30-10-6-7-18-41(33(30)43)22-32(42)40(2)19-17-25-11-13-27(14-12-25)39-47(44,45)29-8-4-3-5-9-29/h3-5,8-9,11-16,20-21,30,39H,6-7,10,17-19,22H2,1-2H3,(H2,36,37,38). The SMILES string of the molecule is Cc1cc2cc(NC(=NC3CCCCN(CC(=O)N(C)CCc4ccc(NS(=O)(=O)c5ccccc5)cc4)C3=O)NC#N)ccc2o1. The summed E-state index contributed by atoms with van der Waals surface area (Å²) in [4.78, 5) is 34.5. The number of likely N-dealkylation sites (N-methyl/N-ethyl adjacent to an activating group) is 1. The second kappa shape index (κ2) is 14.8. The van der Waals surface area contributed by atoms with Crippen LogP contribution in [0.5, 0.6) is 0 Å². The van der Waals surface area contributed by atoms with Gasteiger partial charge in [-0.25, -0.2) is 13.4 Å². The number of aliphatic imine (C=N–C) groups is 1. The van der Waals surface area contributed by atoms with Crippen LogP contribution in [0.25, 0.3) is 11.0 Å². The normalized spacial score (nSPS) is 15.5. The molecule has 2 amide bonds. The molecular formula is C34H37N7O5S. The van der Waals surface area contributed by atoms with Crippen molar-refractivity contribution in [3.63, 3.8) is 0 Å². The molecule has 1 aromatic heterocycles. The number of furan rings is 1. The van der Waals surface area contributed by atoms with Crippen molar-refractivity contribution in [3.05, 3.63) is 90.2 Å². The molecule has 2 heterocycles. The minimum atomic E-state index is -3.69. The lowest BCUT2D eigenvalue weighted by molar-refractivity contribution is -0.140. The van der Waals surface area contributed by atoms with E-state index in [1.54, 1.807) is 48.3 Å². The van der Waals surface area contributed by atoms with Gasteiger partial charge in [0.1, 0.15) is 17.4 Å². The number of nitriles is 1. The number of hydrogen-bond donors (Lipinski definition) is 3. The highest BCUT2D eigenvalue weighted by atomic mass is 32.2. The van der Waals surface area contributed by atoms with Crippen LogP contribution in [0.3, 0.4) is 0 Å². The molecule has 0 spiro atoms. The zero-order chi connectivity index (χ0) is 33.4. The van der Waals surface area contributed by atoms with Crippen LogP contribution in [0.1, 0.15) is 30.6 Å². The van der Waals surface area contributed by atoms with E-state index in [0.717, 1.165) is 35.1 Å². The van der Waals surface area contributed by atoms with Gasteiger partial charge in [0.05, 0.1) is 11.4 Å². The fourth-order valence-corrected chi connectivity index (χ4v) is 6.40. The first-order valence-corrected chi connectivity index (χ1v) is 16.8. The summed E-state index contributed by atoms with van der Waals surface area (Å²) in [6.45, 7) is 2.64. The van der Waals surface area contributed by atoms with Gasteiger partial charge in [0.2, 0.25) is 17.8 Å². The lowest BCUT2D eigenvalue weighted by atomic mass is 10.1. The van der Waals surface area contributed by atoms with Crippen molar-refractivity contribution in [3.8, 4) is 6.19 Å². The van der Waals surface area contributed by atoms with E-state index < -0.39 is 16.1 Å². The van der Waals surface area contributed by atoms with Crippen molar-refractivity contribution in [2.45, 2.75) is 43.5 Å². The maximum atomic E-state index is 13.5. The number of anilines is 2. The van der Waals surface area contributed by atoms with Crippen LogP contribution in [0.4, 0.5) is 11.4 Å². The molecule has 0 radical (unpaired) electrons. The summed E-state index contributed by atoms with van der Waals surface area (Å²) >= 11 is 0. The van der Waals surface area contributed by atoms with Gasteiger partial charge in [-0.1, -0.05) is 30.3 Å². The Labute approximate surface area is 274 Å². The number of guanidine groups is 1. The molecule has 1 aliphatic heterocycles. The summed E-state index contributed by atoms with van der Waals surface area (Å²) < 4.78 is 33.4. The van der Waals surface area contributed by atoms with Crippen LogP contribution < -0.4 is 15.4 Å². The van der Waals surface area contributed by atoms with E-state index in [-0.39, 0.29) is 29.2 Å². The van der Waals surface area contributed by atoms with Gasteiger partial charge in [-0.15, -0.1) is 0 Å². The number of fused-ring (bicyclic) bond motifs is 1. The minimum Gasteiger partial charge on any atom is -0.461 e. The second-order valence-corrected chi connectivity index (χ2v) is 13.1. The molecule has 1 atom stereocenters. The number of nitrogens with one attached hydrogen (secondary N) is 3. The monoisotopic (exact) mass is 655 g/mol. The average Bonchev–Trinajstić information content (AvgIpc) is 3.35. The number of benzene rings is 3. The van der Waals surface area contributed by atoms with E-state index in [2.05, 4.69) is 20.3 Å². The smallest absolute Gasteiger partial charge is 0.261 e. The number of carbonyl (C=O) groups excluding carboxylic acids is 2. The van der Waals surface area contributed by atoms with Gasteiger partial charge in [-0.2, -0.15) is 5.26 Å². The number of aryl methyl sites for hydroxylation is 1. The second-order valence-electron chi connectivity index (χ2n) is 11.4. The van der Waals surface area contributed by atoms with E-state index in [9.17, 15) is 23.3 Å². The highest BCUT2D eigenvalue weighted by Gasteiger charge is 2.29. The summed E-state index contributed by atoms with van der Waals surface area (Å²) in [5.74, 6) is 0.464. The predicted molar refractivity (Wildman–Crippen MR) is 180 cm³/mol. The number of amides is 2. The number of sulfonamides is 1. The molecular weight excluding hydrogens is 618 g/mol. The van der Waals surface area contributed by atoms with Crippen LogP contribution in [-0.4, -0.2) is 68.7 Å². The Balaban J connectivity index is 1.16. The van der Waals surface area contributed by atoms with Gasteiger partial charge in [-0.05, 0) is 86.7 Å². The van der Waals surface area contributed by atoms with Gasteiger partial charge in [0, 0.05) is 36.9 Å². The highest BCUT2D eigenvalue weighted by molar-refractivity contribution is 7.92. The first-order valence-electron chi connectivity index (χ1n) is 15.3. The Hall–Kier alpha value is -5.35. The van der Waals surface area contributed by atoms with Crippen molar-refractivity contribution in [1.82, 2.24) is 15.1 Å². The van der Waals surface area contributed by atoms with Crippen molar-refractivity contribution in [1.29, 1.82) is 5.26 Å². The Morgan fingerprint density at radius 1 is 1.06 bits per heavy atom. The Kier molecular flexibility index (Phi) is 10.4. The molecule has 5 rings (SSSR count). The molecule has 1 aliphatic rings. The fourth-order valence-electron chi connectivity index (χ4n) is 5.32. The van der Waals surface area contributed by atoms with Gasteiger partial charge in [0.25, 0.3) is 10.0 Å². The lowest BCUT2D eigenvalue weighted by Crippen LogP contribution is -2.45. The number of carbonyl (C=O) groups is 2. The molecule has 1 unspecified atom stereocenters. The van der Waals surface area contributed by atoms with E-state index in [1.165, 1.54) is 17.0 Å². The van der Waals surface area contributed by atoms with Gasteiger partial charge in [0.15, 0.2) is 6.19 Å². The first-order chi connectivity index (χ1) is 22.6. The summed E-state index contributed by atoms with van der Waals surface area (Å²) in [5, 5.41) is 15.9. The van der Waals surface area contributed by atoms with Crippen LogP contribution in [0.2, 0.25) is 0 Å². The molecule has 3 aromatic carbocycles. The molecule has 47 heavy (non-hydrogen) atoms. The van der Waals surface area contributed by atoms with Crippen molar-refractivity contribution < 1.29 is 22.4 Å². The van der Waals surface area contributed by atoms with Crippen LogP contribution in [-0.2, 0) is 26.0 Å². The molecule has 0 aliphatic carbocycles. The third-order valence-electron chi connectivity index (χ3n) is 7.86. The summed E-state index contributed by atoms with van der Waals surface area (Å²) in [6, 6.07) is 21.8. The van der Waals surface area contributed by atoms with Gasteiger partial charge in [-0.3, -0.25) is 19.6 Å². The molecule has 0 bridgehead atoms. The maximum absolute atomic E-state index is 13.5. The Morgan fingerprint density at radius 3 is 2.55 bits per heavy atom. The van der Waals surface area contributed by atoms with E-state index in [1.807, 2.05) is 43.4 Å². The summed E-state index contributed by atoms with van der Waals surface area (Å²) in [6.07, 6.45) is 4.41. The third kappa shape index (κ3) is 8.68. The van der Waals surface area contributed by atoms with Crippen LogP contribution in [0.15, 0.2) is 93.2 Å². The largest absolute Gasteiger partial charge is 0.461 e. The van der Waals surface area contributed by atoms with E-state index >= 15 is 0 Å². The third-order valence-corrected chi connectivity index (χ3v) is 9.26. The predicted octanol–water partition coefficient (Wildman–Crippen LogP) is 4.46. The zero-order valence-corrected chi connectivity index (χ0v) is 27.1. The molecule has 244 valence electrons. The Bertz CT molecular complexity index is 1900. The molecule has 1 saturated heterocycles. The maximum Gasteiger partial charge on any atom is 0.261 e. The topological polar surface area (TPSA) is 160 Å². The molecule has 13 heteroatoms. The lowest BCUT2D eigenvalue weighted by Gasteiger charge is -2.25. The summed E-state index contributed by atoms with van der Waals surface area (Å²) in [7, 11) is -1.99. The number of rotatable bonds is 10. The average molecular weight is 656 g/mol. The van der Waals surface area contributed by atoms with Gasteiger partial charge < -0.3 is 19.5 Å². The van der Waals surface area contributed by atoms with Crippen molar-refractivity contribution in [2.24, 2.45) is 4.99 Å². The first kappa shape index (κ1) is 33.0. The number of nitrogens with zero attached hydrogens (tertiary/aromatic N) is 4. The minimum absolute atomic E-state index is 0.0769. The quantitative estimate of drug-likeness (QED) is 0.0977. The van der Waals surface area contributed by atoms with Crippen molar-refractivity contribution >= 4 is 50.1 Å². The molecule has 3 N–H and O–H groups in total. The Morgan fingerprint density at radius 2 is 1.81 bits per heavy atom. The van der Waals surface area contributed by atoms with Crippen LogP contribution >= 0.6 is 0 Å². The molecule has 0 saturated carbocycles. The van der Waals surface area contributed by atoms with E-state index in [0.29, 0.717) is 37.3 Å². The molecule has 1 fully saturated rings. The summed E-state index contributed by atoms with van der Waals surface area (Å²) in [5.41, 5.74) is 2.79. The van der Waals surface area contributed by atoms with E-state index in [4.69, 9.17) is 4.42 Å². The van der Waals surface area contributed by atoms with Crippen molar-refractivity contribution in [2.75, 3.05) is 36.7 Å². The molecule has 12 nitrogen and oxygen atoms in total. The number of likely N-dealkylation sites (tertiary alicyclic amines) is 1. The molecule has 4 aromatic rings. The zero-order valence-electron chi connectivity index (χ0n) is 26.3. The highest BCUT2D eigenvalue weighted by Crippen LogP contribution is 2.23. The van der Waals surface area contributed by atoms with Gasteiger partial charge >= 0.3 is 0 Å². The number of hydrogen-bond acceptors (Lipinski definition) is 7. The van der Waals surface area contributed by atoms with Crippen LogP contribution in [0, 0.1) is 18.4 Å².